The van der Waals surface area contributed by atoms with Crippen LogP contribution in [-0.2, 0) is 0 Å². The molecule has 3 aromatic rings. The summed E-state index contributed by atoms with van der Waals surface area (Å²) in [6.45, 7) is 2.30. The number of ether oxygens (including phenoxy) is 3. The fraction of sp³-hybridized carbons (Fsp3) is 0.190. The van der Waals surface area contributed by atoms with E-state index in [1.54, 1.807) is 62.8 Å². The summed E-state index contributed by atoms with van der Waals surface area (Å²) in [5, 5.41) is 6.18. The summed E-state index contributed by atoms with van der Waals surface area (Å²) < 4.78 is 16.2. The molecule has 2 aromatic heterocycles. The normalized spacial score (nSPS) is 10.3. The van der Waals surface area contributed by atoms with Gasteiger partial charge in [0.2, 0.25) is 5.88 Å². The number of pyridine rings is 2. The number of nitrogens with one attached hydrogen (secondary N) is 2. The maximum absolute atomic E-state index is 12.7. The van der Waals surface area contributed by atoms with Gasteiger partial charge in [0.15, 0.2) is 5.82 Å². The first-order valence-electron chi connectivity index (χ1n) is 9.11. The standard InChI is InChI=1S/C21H21ClN4O4/c1-4-30-18-10-5-7-14(23-18)21(27)24-13-11-12-17(22)25-20(13)26-19-15(28-2)8-6-9-16(19)29-3/h5-12H,4H2,1-3H3,(H,24,27)(H,25,26). The molecule has 0 atom stereocenters. The minimum atomic E-state index is -0.421. The Hall–Kier alpha value is -3.52. The number of para-hydroxylation sites is 1. The molecule has 30 heavy (non-hydrogen) atoms. The summed E-state index contributed by atoms with van der Waals surface area (Å²) in [5.74, 6) is 1.35. The van der Waals surface area contributed by atoms with Gasteiger partial charge in [0.25, 0.3) is 5.91 Å². The molecule has 156 valence electrons. The third-order valence-electron chi connectivity index (χ3n) is 4.03. The van der Waals surface area contributed by atoms with Gasteiger partial charge in [-0.2, -0.15) is 0 Å². The average molecular weight is 429 g/mol. The van der Waals surface area contributed by atoms with E-state index < -0.39 is 5.91 Å². The average Bonchev–Trinajstić information content (AvgIpc) is 2.76. The van der Waals surface area contributed by atoms with E-state index in [9.17, 15) is 4.79 Å². The molecule has 0 aliphatic rings. The molecule has 1 aromatic carbocycles. The van der Waals surface area contributed by atoms with Crippen LogP contribution in [0.5, 0.6) is 17.4 Å². The molecule has 0 radical (unpaired) electrons. The molecule has 0 unspecified atom stereocenters. The third kappa shape index (κ3) is 4.90. The number of hydrogen-bond acceptors (Lipinski definition) is 7. The first kappa shape index (κ1) is 21.2. The number of carbonyl (C=O) groups is 1. The van der Waals surface area contributed by atoms with Crippen molar-refractivity contribution in [1.82, 2.24) is 9.97 Å². The van der Waals surface area contributed by atoms with Crippen LogP contribution in [0, 0.1) is 0 Å². The molecule has 2 N–H and O–H groups in total. The second-order valence-electron chi connectivity index (χ2n) is 5.94. The summed E-state index contributed by atoms with van der Waals surface area (Å²) in [6, 6.07) is 13.5. The Morgan fingerprint density at radius 2 is 1.70 bits per heavy atom. The fourth-order valence-corrected chi connectivity index (χ4v) is 2.83. The highest BCUT2D eigenvalue weighted by atomic mass is 35.5. The summed E-state index contributed by atoms with van der Waals surface area (Å²) >= 11 is 6.08. The fourth-order valence-electron chi connectivity index (χ4n) is 2.68. The van der Waals surface area contributed by atoms with Crippen LogP contribution in [0.2, 0.25) is 5.15 Å². The van der Waals surface area contributed by atoms with Crippen LogP contribution in [-0.4, -0.2) is 36.7 Å². The summed E-state index contributed by atoms with van der Waals surface area (Å²) in [4.78, 5) is 21.2. The number of nitrogens with zero attached hydrogens (tertiary/aromatic N) is 2. The molecule has 0 bridgehead atoms. The summed E-state index contributed by atoms with van der Waals surface area (Å²) in [5.41, 5.74) is 1.15. The van der Waals surface area contributed by atoms with Crippen LogP contribution in [0.4, 0.5) is 17.2 Å². The van der Waals surface area contributed by atoms with Crippen LogP contribution < -0.4 is 24.8 Å². The zero-order valence-electron chi connectivity index (χ0n) is 16.7. The zero-order chi connectivity index (χ0) is 21.5. The maximum Gasteiger partial charge on any atom is 0.274 e. The van der Waals surface area contributed by atoms with Crippen LogP contribution in [0.1, 0.15) is 17.4 Å². The molecule has 0 aliphatic carbocycles. The first-order valence-corrected chi connectivity index (χ1v) is 9.49. The van der Waals surface area contributed by atoms with E-state index in [4.69, 9.17) is 25.8 Å². The van der Waals surface area contributed by atoms with Crippen molar-refractivity contribution in [2.75, 3.05) is 31.5 Å². The second-order valence-corrected chi connectivity index (χ2v) is 6.33. The molecule has 0 saturated carbocycles. The number of carbonyl (C=O) groups excluding carboxylic acids is 1. The van der Waals surface area contributed by atoms with E-state index in [0.717, 1.165) is 0 Å². The predicted octanol–water partition coefficient (Wildman–Crippen LogP) is 4.54. The lowest BCUT2D eigenvalue weighted by atomic mass is 10.2. The van der Waals surface area contributed by atoms with Gasteiger partial charge in [-0.3, -0.25) is 4.79 Å². The number of halogens is 1. The van der Waals surface area contributed by atoms with Gasteiger partial charge in [0, 0.05) is 6.07 Å². The van der Waals surface area contributed by atoms with Gasteiger partial charge in [-0.15, -0.1) is 0 Å². The lowest BCUT2D eigenvalue weighted by Crippen LogP contribution is -2.15. The van der Waals surface area contributed by atoms with Crippen LogP contribution in [0.15, 0.2) is 48.5 Å². The SMILES string of the molecule is CCOc1cccc(C(=O)Nc2ccc(Cl)nc2Nc2c(OC)cccc2OC)n1. The second kappa shape index (κ2) is 9.80. The van der Waals surface area contributed by atoms with Crippen LogP contribution in [0.25, 0.3) is 0 Å². The molecule has 0 aliphatic heterocycles. The Kier molecular flexibility index (Phi) is 6.92. The molecular formula is C21H21ClN4O4. The Morgan fingerprint density at radius 3 is 2.37 bits per heavy atom. The van der Waals surface area contributed by atoms with Crippen LogP contribution in [0.3, 0.4) is 0 Å². The number of methoxy groups -OCH3 is 2. The molecule has 3 rings (SSSR count). The molecule has 9 heteroatoms. The number of rotatable bonds is 8. The van der Waals surface area contributed by atoms with Crippen molar-refractivity contribution in [1.29, 1.82) is 0 Å². The first-order chi connectivity index (χ1) is 14.5. The van der Waals surface area contributed by atoms with E-state index in [2.05, 4.69) is 20.6 Å². The predicted molar refractivity (Wildman–Crippen MR) is 115 cm³/mol. The summed E-state index contributed by atoms with van der Waals surface area (Å²) in [6.07, 6.45) is 0. The zero-order valence-corrected chi connectivity index (χ0v) is 17.5. The highest BCUT2D eigenvalue weighted by molar-refractivity contribution is 6.29. The van der Waals surface area contributed by atoms with E-state index in [1.807, 2.05) is 6.92 Å². The lowest BCUT2D eigenvalue weighted by molar-refractivity contribution is 0.102. The molecule has 1 amide bonds. The maximum atomic E-state index is 12.7. The molecule has 8 nitrogen and oxygen atoms in total. The van der Waals surface area contributed by atoms with E-state index in [1.165, 1.54) is 0 Å². The van der Waals surface area contributed by atoms with Crippen molar-refractivity contribution >= 4 is 34.7 Å². The summed E-state index contributed by atoms with van der Waals surface area (Å²) in [7, 11) is 3.09. The highest BCUT2D eigenvalue weighted by Crippen LogP contribution is 2.38. The Balaban J connectivity index is 1.92. The molecule has 0 fully saturated rings. The minimum Gasteiger partial charge on any atom is -0.494 e. The minimum absolute atomic E-state index is 0.205. The molecular weight excluding hydrogens is 408 g/mol. The number of anilines is 3. The molecule has 0 spiro atoms. The third-order valence-corrected chi connectivity index (χ3v) is 4.24. The smallest absolute Gasteiger partial charge is 0.274 e. The number of benzene rings is 1. The number of amides is 1. The Morgan fingerprint density at radius 1 is 1.00 bits per heavy atom. The van der Waals surface area contributed by atoms with Crippen molar-refractivity contribution in [3.05, 3.63) is 59.4 Å². The quantitative estimate of drug-likeness (QED) is 0.508. The van der Waals surface area contributed by atoms with Gasteiger partial charge < -0.3 is 24.8 Å². The largest absolute Gasteiger partial charge is 0.494 e. The van der Waals surface area contributed by atoms with Crippen molar-refractivity contribution in [2.24, 2.45) is 0 Å². The van der Waals surface area contributed by atoms with Crippen molar-refractivity contribution in [3.63, 3.8) is 0 Å². The van der Waals surface area contributed by atoms with Crippen molar-refractivity contribution in [3.8, 4) is 17.4 Å². The monoisotopic (exact) mass is 428 g/mol. The number of hydrogen-bond donors (Lipinski definition) is 2. The molecule has 0 saturated heterocycles. The number of aromatic nitrogens is 2. The Labute approximate surface area is 179 Å². The van der Waals surface area contributed by atoms with Gasteiger partial charge >= 0.3 is 0 Å². The van der Waals surface area contributed by atoms with Gasteiger partial charge in [0.1, 0.15) is 28.0 Å². The van der Waals surface area contributed by atoms with Gasteiger partial charge in [0.05, 0.1) is 26.5 Å². The van der Waals surface area contributed by atoms with Crippen molar-refractivity contribution < 1.29 is 19.0 Å². The van der Waals surface area contributed by atoms with E-state index in [-0.39, 0.29) is 10.8 Å². The topological polar surface area (TPSA) is 94.6 Å². The van der Waals surface area contributed by atoms with E-state index >= 15 is 0 Å². The Bertz CT molecular complexity index is 1020. The van der Waals surface area contributed by atoms with Gasteiger partial charge in [-0.05, 0) is 37.3 Å². The van der Waals surface area contributed by atoms with Crippen LogP contribution >= 0.6 is 11.6 Å². The van der Waals surface area contributed by atoms with Gasteiger partial charge in [-0.1, -0.05) is 23.7 Å². The van der Waals surface area contributed by atoms with Crippen molar-refractivity contribution in [2.45, 2.75) is 6.92 Å². The highest BCUT2D eigenvalue weighted by Gasteiger charge is 2.16. The lowest BCUT2D eigenvalue weighted by Gasteiger charge is -2.17. The van der Waals surface area contributed by atoms with Gasteiger partial charge in [-0.25, -0.2) is 9.97 Å². The van der Waals surface area contributed by atoms with E-state index in [0.29, 0.717) is 41.2 Å². The molecule has 2 heterocycles.